The van der Waals surface area contributed by atoms with Crippen molar-refractivity contribution >= 4 is 5.65 Å². The first-order chi connectivity index (χ1) is 14.2. The fraction of sp³-hybridized carbons (Fsp3) is 0.458. The van der Waals surface area contributed by atoms with Gasteiger partial charge in [-0.2, -0.15) is 0 Å². The van der Waals surface area contributed by atoms with Crippen LogP contribution in [0.5, 0.6) is 5.75 Å². The molecular formula is C24H29N3O2. The molecule has 1 saturated heterocycles. The van der Waals surface area contributed by atoms with E-state index in [9.17, 15) is 5.11 Å². The van der Waals surface area contributed by atoms with E-state index < -0.39 is 0 Å². The summed E-state index contributed by atoms with van der Waals surface area (Å²) in [5.41, 5.74) is 4.43. The number of aliphatic hydroxyl groups excluding tert-OH is 1. The molecule has 1 saturated carbocycles. The second kappa shape index (κ2) is 7.47. The van der Waals surface area contributed by atoms with Gasteiger partial charge >= 0.3 is 0 Å². The highest BCUT2D eigenvalue weighted by molar-refractivity contribution is 5.67. The zero-order valence-electron chi connectivity index (χ0n) is 17.1. The van der Waals surface area contributed by atoms with Crippen LogP contribution < -0.4 is 4.74 Å². The van der Waals surface area contributed by atoms with Gasteiger partial charge in [0, 0.05) is 30.3 Å². The topological polar surface area (TPSA) is 50.0 Å². The maximum atomic E-state index is 10.6. The summed E-state index contributed by atoms with van der Waals surface area (Å²) in [6.07, 6.45) is 7.54. The van der Waals surface area contributed by atoms with E-state index in [1.54, 1.807) is 7.11 Å². The van der Waals surface area contributed by atoms with E-state index in [0.717, 1.165) is 74.4 Å². The van der Waals surface area contributed by atoms with Gasteiger partial charge in [0.05, 0.1) is 24.6 Å². The molecule has 1 aliphatic carbocycles. The molecule has 29 heavy (non-hydrogen) atoms. The molecule has 1 aromatic carbocycles. The van der Waals surface area contributed by atoms with Crippen LogP contribution in [0.2, 0.25) is 0 Å². The highest BCUT2D eigenvalue weighted by atomic mass is 16.5. The zero-order valence-corrected chi connectivity index (χ0v) is 17.1. The van der Waals surface area contributed by atoms with Gasteiger partial charge in [-0.1, -0.05) is 12.5 Å². The van der Waals surface area contributed by atoms with E-state index in [1.165, 1.54) is 5.69 Å². The largest absolute Gasteiger partial charge is 0.497 e. The number of hydrogen-bond acceptors (Lipinski definition) is 4. The molecule has 0 amide bonds. The molecule has 5 heteroatoms. The molecule has 1 aliphatic heterocycles. The molecule has 2 fully saturated rings. The van der Waals surface area contributed by atoms with Gasteiger partial charge in [0.1, 0.15) is 11.4 Å². The molecule has 0 bridgehead atoms. The molecule has 3 heterocycles. The molecule has 2 aliphatic rings. The lowest BCUT2D eigenvalue weighted by Gasteiger charge is -2.42. The van der Waals surface area contributed by atoms with Crippen molar-refractivity contribution in [3.8, 4) is 17.0 Å². The monoisotopic (exact) mass is 391 g/mol. The van der Waals surface area contributed by atoms with E-state index in [4.69, 9.17) is 9.72 Å². The summed E-state index contributed by atoms with van der Waals surface area (Å²) in [5, 5.41) is 10.6. The Morgan fingerprint density at radius 2 is 1.97 bits per heavy atom. The summed E-state index contributed by atoms with van der Waals surface area (Å²) in [4.78, 5) is 7.48. The van der Waals surface area contributed by atoms with Crippen molar-refractivity contribution in [1.82, 2.24) is 14.3 Å². The lowest BCUT2D eigenvalue weighted by molar-refractivity contribution is -0.0123. The maximum Gasteiger partial charge on any atom is 0.137 e. The molecular weight excluding hydrogens is 362 g/mol. The van der Waals surface area contributed by atoms with E-state index in [-0.39, 0.29) is 11.5 Å². The Morgan fingerprint density at radius 3 is 2.72 bits per heavy atom. The van der Waals surface area contributed by atoms with E-state index in [0.29, 0.717) is 0 Å². The number of piperidine rings is 1. The van der Waals surface area contributed by atoms with Gasteiger partial charge < -0.3 is 14.2 Å². The van der Waals surface area contributed by atoms with Crippen LogP contribution in [0.4, 0.5) is 0 Å². The van der Waals surface area contributed by atoms with Crippen LogP contribution in [0.1, 0.15) is 37.8 Å². The van der Waals surface area contributed by atoms with Crippen LogP contribution in [-0.4, -0.2) is 45.7 Å². The Hall–Kier alpha value is -2.37. The number of rotatable bonds is 4. The molecule has 2 atom stereocenters. The second-order valence-electron chi connectivity index (χ2n) is 8.65. The summed E-state index contributed by atoms with van der Waals surface area (Å²) in [7, 11) is 1.69. The summed E-state index contributed by atoms with van der Waals surface area (Å²) in [6, 6.07) is 14.3. The molecule has 1 spiro atoms. The van der Waals surface area contributed by atoms with Crippen molar-refractivity contribution in [2.45, 2.75) is 44.8 Å². The summed E-state index contributed by atoms with van der Waals surface area (Å²) >= 11 is 0. The number of hydrogen-bond donors (Lipinski definition) is 1. The third-order valence-corrected chi connectivity index (χ3v) is 6.91. The number of imidazole rings is 1. The number of methoxy groups -OCH3 is 1. The number of nitrogens with zero attached hydrogens (tertiary/aromatic N) is 3. The average molecular weight is 392 g/mol. The van der Waals surface area contributed by atoms with Gasteiger partial charge in [-0.25, -0.2) is 4.98 Å². The van der Waals surface area contributed by atoms with Crippen LogP contribution in [0.3, 0.4) is 0 Å². The molecule has 0 radical (unpaired) electrons. The SMILES string of the molecule is COc1ccc(-c2nc3ccccn3c2CN2CCC[C@]3(CCC[C@H]3O)C2)cc1. The Kier molecular flexibility index (Phi) is 4.80. The molecule has 2 aromatic heterocycles. The van der Waals surface area contributed by atoms with Gasteiger partial charge in [-0.3, -0.25) is 4.90 Å². The minimum absolute atomic E-state index is 0.0962. The van der Waals surface area contributed by atoms with Crippen LogP contribution in [0.25, 0.3) is 16.9 Å². The Bertz CT molecular complexity index is 997. The number of benzene rings is 1. The lowest BCUT2D eigenvalue weighted by atomic mass is 9.76. The fourth-order valence-corrected chi connectivity index (χ4v) is 5.38. The zero-order chi connectivity index (χ0) is 19.8. The standard InChI is InChI=1S/C24H29N3O2/c1-29-19-10-8-18(9-11-19)23-20(27-15-3-2-7-22(27)25-23)16-26-14-5-13-24(17-26)12-4-6-21(24)28/h2-3,7-11,15,21,28H,4-6,12-14,16-17H2,1H3/t21-,24-/m1/s1. The predicted octanol–water partition coefficient (Wildman–Crippen LogP) is 4.14. The van der Waals surface area contributed by atoms with Gasteiger partial charge in [0.2, 0.25) is 0 Å². The molecule has 5 nitrogen and oxygen atoms in total. The number of fused-ring (bicyclic) bond motifs is 1. The Labute approximate surface area is 171 Å². The summed E-state index contributed by atoms with van der Waals surface area (Å²) in [5.74, 6) is 0.854. The lowest BCUT2D eigenvalue weighted by Crippen LogP contribution is -2.46. The summed E-state index contributed by atoms with van der Waals surface area (Å²) < 4.78 is 7.54. The fourth-order valence-electron chi connectivity index (χ4n) is 5.38. The maximum absolute atomic E-state index is 10.6. The first-order valence-electron chi connectivity index (χ1n) is 10.7. The Balaban J connectivity index is 1.50. The van der Waals surface area contributed by atoms with Gasteiger partial charge in [0.15, 0.2) is 0 Å². The third-order valence-electron chi connectivity index (χ3n) is 6.91. The number of likely N-dealkylation sites (tertiary alicyclic amines) is 1. The Morgan fingerprint density at radius 1 is 1.14 bits per heavy atom. The van der Waals surface area contributed by atoms with Crippen molar-refractivity contribution in [2.75, 3.05) is 20.2 Å². The molecule has 1 N–H and O–H groups in total. The minimum atomic E-state index is -0.145. The van der Waals surface area contributed by atoms with Gasteiger partial charge in [0.25, 0.3) is 0 Å². The van der Waals surface area contributed by atoms with Crippen molar-refractivity contribution < 1.29 is 9.84 Å². The quantitative estimate of drug-likeness (QED) is 0.726. The van der Waals surface area contributed by atoms with E-state index >= 15 is 0 Å². The van der Waals surface area contributed by atoms with Gasteiger partial charge in [-0.05, 0) is 68.6 Å². The average Bonchev–Trinajstić information content (AvgIpc) is 3.29. The van der Waals surface area contributed by atoms with Crippen LogP contribution >= 0.6 is 0 Å². The van der Waals surface area contributed by atoms with Crippen molar-refractivity contribution in [3.05, 3.63) is 54.4 Å². The molecule has 3 aromatic rings. The third kappa shape index (κ3) is 3.32. The molecule has 0 unspecified atom stereocenters. The van der Waals surface area contributed by atoms with Crippen molar-refractivity contribution in [1.29, 1.82) is 0 Å². The number of aliphatic hydroxyl groups is 1. The number of pyridine rings is 1. The predicted molar refractivity (Wildman–Crippen MR) is 114 cm³/mol. The van der Waals surface area contributed by atoms with Gasteiger partial charge in [-0.15, -0.1) is 0 Å². The normalized spacial score (nSPS) is 25.1. The molecule has 5 rings (SSSR count). The van der Waals surface area contributed by atoms with Crippen LogP contribution in [-0.2, 0) is 6.54 Å². The first-order valence-corrected chi connectivity index (χ1v) is 10.7. The first kappa shape index (κ1) is 18.6. The van der Waals surface area contributed by atoms with Crippen molar-refractivity contribution in [3.63, 3.8) is 0 Å². The van der Waals surface area contributed by atoms with E-state index in [2.05, 4.69) is 39.8 Å². The highest BCUT2D eigenvalue weighted by Crippen LogP contribution is 2.45. The van der Waals surface area contributed by atoms with Crippen LogP contribution in [0, 0.1) is 5.41 Å². The highest BCUT2D eigenvalue weighted by Gasteiger charge is 2.44. The minimum Gasteiger partial charge on any atom is -0.497 e. The summed E-state index contributed by atoms with van der Waals surface area (Å²) in [6.45, 7) is 2.91. The molecule has 152 valence electrons. The smallest absolute Gasteiger partial charge is 0.137 e. The van der Waals surface area contributed by atoms with Crippen molar-refractivity contribution in [2.24, 2.45) is 5.41 Å². The van der Waals surface area contributed by atoms with Crippen LogP contribution in [0.15, 0.2) is 48.7 Å². The number of ether oxygens (including phenoxy) is 1. The second-order valence-corrected chi connectivity index (χ2v) is 8.65. The number of aromatic nitrogens is 2. The van der Waals surface area contributed by atoms with E-state index in [1.807, 2.05) is 18.2 Å².